The highest BCUT2D eigenvalue weighted by atomic mass is 16.5. The predicted molar refractivity (Wildman–Crippen MR) is 61.0 cm³/mol. The van der Waals surface area contributed by atoms with Gasteiger partial charge in [-0.1, -0.05) is 13.8 Å². The Bertz CT molecular complexity index is 284. The lowest BCUT2D eigenvalue weighted by Crippen LogP contribution is -2.63. The lowest BCUT2D eigenvalue weighted by atomic mass is 9.88. The van der Waals surface area contributed by atoms with Crippen LogP contribution in [0.5, 0.6) is 0 Å². The number of hydrogen-bond donors (Lipinski definition) is 2. The molecular weight excluding hydrogens is 206 g/mol. The standard InChI is InChI=1S/C11H22N3O2/c1-6-10(4)8(3)12-9(15)13-11(5,7-2)14(10)16/h8H,6-7H2,1-5H3,(H2,12,13,15). The van der Waals surface area contributed by atoms with E-state index in [9.17, 15) is 10.0 Å². The fourth-order valence-corrected chi connectivity index (χ4v) is 2.10. The number of nitrogens with one attached hydrogen (secondary N) is 2. The largest absolute Gasteiger partial charge is 0.334 e. The van der Waals surface area contributed by atoms with Crippen LogP contribution in [0.4, 0.5) is 4.79 Å². The SMILES string of the molecule is CCC1(C)NC(=O)NC(C)C(C)(CC)N1[O]. The van der Waals surface area contributed by atoms with E-state index in [0.717, 1.165) is 5.06 Å². The second kappa shape index (κ2) is 4.22. The zero-order valence-electron chi connectivity index (χ0n) is 10.8. The number of urea groups is 1. The Labute approximate surface area is 97.2 Å². The highest BCUT2D eigenvalue weighted by Crippen LogP contribution is 2.31. The second-order valence-corrected chi connectivity index (χ2v) is 4.95. The molecule has 5 nitrogen and oxygen atoms in total. The third-order valence-corrected chi connectivity index (χ3v) is 3.98. The maximum atomic E-state index is 12.5. The molecule has 5 heteroatoms. The molecule has 0 saturated carbocycles. The number of carbonyl (C=O) groups excluding carboxylic acids is 1. The van der Waals surface area contributed by atoms with Crippen molar-refractivity contribution in [1.82, 2.24) is 15.7 Å². The monoisotopic (exact) mass is 228 g/mol. The third kappa shape index (κ3) is 1.89. The summed E-state index contributed by atoms with van der Waals surface area (Å²) in [5.74, 6) is 0. The minimum Gasteiger partial charge on any atom is -0.334 e. The Kier molecular flexibility index (Phi) is 3.50. The van der Waals surface area contributed by atoms with Crippen molar-refractivity contribution in [1.29, 1.82) is 0 Å². The Morgan fingerprint density at radius 2 is 1.88 bits per heavy atom. The van der Waals surface area contributed by atoms with Crippen LogP contribution in [0.2, 0.25) is 0 Å². The van der Waals surface area contributed by atoms with Crippen molar-refractivity contribution >= 4 is 6.03 Å². The van der Waals surface area contributed by atoms with Crippen molar-refractivity contribution in [3.63, 3.8) is 0 Å². The summed E-state index contributed by atoms with van der Waals surface area (Å²) in [5, 5.41) is 19.1. The Hall–Kier alpha value is -0.810. The molecule has 1 heterocycles. The summed E-state index contributed by atoms with van der Waals surface area (Å²) in [6.45, 7) is 9.40. The van der Waals surface area contributed by atoms with Crippen molar-refractivity contribution in [2.24, 2.45) is 0 Å². The zero-order valence-corrected chi connectivity index (χ0v) is 10.8. The molecule has 16 heavy (non-hydrogen) atoms. The Morgan fingerprint density at radius 3 is 2.31 bits per heavy atom. The molecule has 93 valence electrons. The smallest absolute Gasteiger partial charge is 0.316 e. The van der Waals surface area contributed by atoms with Gasteiger partial charge in [0.15, 0.2) is 0 Å². The van der Waals surface area contributed by atoms with Gasteiger partial charge in [0.25, 0.3) is 0 Å². The molecule has 2 N–H and O–H groups in total. The van der Waals surface area contributed by atoms with Gasteiger partial charge in [-0.25, -0.2) is 4.79 Å². The Balaban J connectivity index is 3.15. The van der Waals surface area contributed by atoms with Crippen LogP contribution in [0.1, 0.15) is 47.5 Å². The molecular formula is C11H22N3O2. The fourth-order valence-electron chi connectivity index (χ4n) is 2.10. The number of rotatable bonds is 2. The molecule has 0 bridgehead atoms. The molecule has 1 radical (unpaired) electrons. The van der Waals surface area contributed by atoms with Crippen LogP contribution in [0.25, 0.3) is 0 Å². The summed E-state index contributed by atoms with van der Waals surface area (Å²) in [7, 11) is 0. The van der Waals surface area contributed by atoms with E-state index in [1.165, 1.54) is 0 Å². The van der Waals surface area contributed by atoms with Gasteiger partial charge in [0.2, 0.25) is 0 Å². The van der Waals surface area contributed by atoms with Gasteiger partial charge in [0.05, 0.1) is 5.54 Å². The van der Waals surface area contributed by atoms with Crippen molar-refractivity contribution in [3.05, 3.63) is 0 Å². The van der Waals surface area contributed by atoms with E-state index >= 15 is 0 Å². The van der Waals surface area contributed by atoms with Gasteiger partial charge >= 0.3 is 6.03 Å². The van der Waals surface area contributed by atoms with Gasteiger partial charge < -0.3 is 10.6 Å². The first kappa shape index (κ1) is 13.3. The van der Waals surface area contributed by atoms with Crippen LogP contribution >= 0.6 is 0 Å². The lowest BCUT2D eigenvalue weighted by molar-refractivity contribution is -0.287. The summed E-state index contributed by atoms with van der Waals surface area (Å²) < 4.78 is 0. The minimum atomic E-state index is -0.834. The molecule has 0 aromatic rings. The van der Waals surface area contributed by atoms with E-state index in [0.29, 0.717) is 12.8 Å². The van der Waals surface area contributed by atoms with Gasteiger partial charge in [-0.2, -0.15) is 0 Å². The summed E-state index contributed by atoms with van der Waals surface area (Å²) in [6.07, 6.45) is 1.27. The van der Waals surface area contributed by atoms with Crippen LogP contribution in [0.3, 0.4) is 0 Å². The first-order valence-electron chi connectivity index (χ1n) is 5.86. The van der Waals surface area contributed by atoms with Crippen molar-refractivity contribution < 1.29 is 10.0 Å². The average molecular weight is 228 g/mol. The maximum Gasteiger partial charge on any atom is 0.316 e. The van der Waals surface area contributed by atoms with Crippen LogP contribution in [0, 0.1) is 0 Å². The van der Waals surface area contributed by atoms with Gasteiger partial charge in [-0.15, -0.1) is 10.3 Å². The number of hydrogen-bond acceptors (Lipinski definition) is 2. The van der Waals surface area contributed by atoms with Crippen LogP contribution in [-0.4, -0.2) is 28.3 Å². The molecule has 1 fully saturated rings. The van der Waals surface area contributed by atoms with Crippen molar-refractivity contribution in [2.75, 3.05) is 0 Å². The van der Waals surface area contributed by atoms with E-state index in [1.54, 1.807) is 6.92 Å². The number of carbonyl (C=O) groups is 1. The number of nitrogens with zero attached hydrogens (tertiary/aromatic N) is 1. The third-order valence-electron chi connectivity index (χ3n) is 3.98. The highest BCUT2D eigenvalue weighted by Gasteiger charge is 2.49. The highest BCUT2D eigenvalue weighted by molar-refractivity contribution is 5.75. The number of amides is 2. The number of hydroxylamine groups is 2. The maximum absolute atomic E-state index is 12.5. The summed E-state index contributed by atoms with van der Waals surface area (Å²) in [4.78, 5) is 11.6. The topological polar surface area (TPSA) is 64.3 Å². The van der Waals surface area contributed by atoms with Gasteiger partial charge in [-0.05, 0) is 33.6 Å². The summed E-state index contributed by atoms with van der Waals surface area (Å²) in [5.41, 5.74) is -1.41. The molecule has 2 amide bonds. The summed E-state index contributed by atoms with van der Waals surface area (Å²) >= 11 is 0. The van der Waals surface area contributed by atoms with Gasteiger partial charge in [0, 0.05) is 6.04 Å². The lowest BCUT2D eigenvalue weighted by Gasteiger charge is -2.44. The molecule has 0 aliphatic carbocycles. The zero-order chi connectivity index (χ0) is 12.6. The first-order valence-corrected chi connectivity index (χ1v) is 5.86. The molecule has 0 aromatic heterocycles. The van der Waals surface area contributed by atoms with Crippen molar-refractivity contribution in [3.8, 4) is 0 Å². The Morgan fingerprint density at radius 1 is 1.31 bits per heavy atom. The second-order valence-electron chi connectivity index (χ2n) is 4.95. The first-order chi connectivity index (χ1) is 7.30. The molecule has 0 aromatic carbocycles. The van der Waals surface area contributed by atoms with Crippen LogP contribution < -0.4 is 10.6 Å². The van der Waals surface area contributed by atoms with E-state index in [-0.39, 0.29) is 12.1 Å². The molecule has 3 unspecified atom stereocenters. The van der Waals surface area contributed by atoms with Crippen LogP contribution in [0.15, 0.2) is 0 Å². The average Bonchev–Trinajstić information content (AvgIpc) is 2.30. The van der Waals surface area contributed by atoms with E-state index in [1.807, 2.05) is 27.7 Å². The predicted octanol–water partition coefficient (Wildman–Crippen LogP) is 1.63. The van der Waals surface area contributed by atoms with Crippen LogP contribution in [-0.2, 0) is 5.21 Å². The van der Waals surface area contributed by atoms with Gasteiger partial charge in [0.1, 0.15) is 5.66 Å². The van der Waals surface area contributed by atoms with E-state index in [2.05, 4.69) is 10.6 Å². The van der Waals surface area contributed by atoms with Gasteiger partial charge in [-0.3, -0.25) is 0 Å². The minimum absolute atomic E-state index is 0.177. The van der Waals surface area contributed by atoms with E-state index < -0.39 is 11.2 Å². The summed E-state index contributed by atoms with van der Waals surface area (Å²) in [6, 6.07) is -0.446. The molecule has 0 spiro atoms. The van der Waals surface area contributed by atoms with E-state index in [4.69, 9.17) is 0 Å². The molecule has 1 saturated heterocycles. The molecule has 1 rings (SSSR count). The normalized spacial score (nSPS) is 41.1. The quantitative estimate of drug-likeness (QED) is 0.754. The van der Waals surface area contributed by atoms with Crippen molar-refractivity contribution in [2.45, 2.75) is 64.7 Å². The molecule has 1 aliphatic rings. The molecule has 1 aliphatic heterocycles. The fraction of sp³-hybridized carbons (Fsp3) is 0.909. The molecule has 3 atom stereocenters.